The number of carbonyl (C=O) groups excluding carboxylic acids is 1. The van der Waals surface area contributed by atoms with Gasteiger partial charge in [0, 0.05) is 0 Å². The van der Waals surface area contributed by atoms with Crippen LogP contribution in [-0.2, 0) is 22.7 Å². The number of aryl methyl sites for hydroxylation is 1. The molecule has 0 bridgehead atoms. The van der Waals surface area contributed by atoms with Crippen molar-refractivity contribution in [3.05, 3.63) is 83.4 Å². The molecule has 1 N–H and O–H groups in total. The quantitative estimate of drug-likeness (QED) is 0.725. The summed E-state index contributed by atoms with van der Waals surface area (Å²) in [7, 11) is 0. The third kappa shape index (κ3) is 3.96. The molecule has 0 fully saturated rings. The fourth-order valence-electron chi connectivity index (χ4n) is 2.54. The van der Waals surface area contributed by atoms with Gasteiger partial charge in [-0.05, 0) is 28.8 Å². The van der Waals surface area contributed by atoms with E-state index in [0.717, 1.165) is 21.9 Å². The molecule has 1 amide bonds. The van der Waals surface area contributed by atoms with Crippen molar-refractivity contribution in [1.29, 1.82) is 0 Å². The van der Waals surface area contributed by atoms with Crippen LogP contribution in [0.15, 0.2) is 66.7 Å². The topological polar surface area (TPSA) is 38.3 Å². The van der Waals surface area contributed by atoms with Crippen LogP contribution in [0.1, 0.15) is 16.7 Å². The molecule has 3 aromatic carbocycles. The minimum absolute atomic E-state index is 0.145. The maximum atomic E-state index is 12.1. The molecular formula is C20H19NO2. The van der Waals surface area contributed by atoms with Crippen molar-refractivity contribution >= 4 is 16.7 Å². The van der Waals surface area contributed by atoms with E-state index in [2.05, 4.69) is 5.48 Å². The van der Waals surface area contributed by atoms with Crippen molar-refractivity contribution in [2.45, 2.75) is 20.0 Å². The molecule has 0 aliphatic heterocycles. The van der Waals surface area contributed by atoms with E-state index < -0.39 is 0 Å². The molecule has 0 atom stereocenters. The Labute approximate surface area is 135 Å². The zero-order valence-electron chi connectivity index (χ0n) is 13.1. The van der Waals surface area contributed by atoms with Crippen LogP contribution < -0.4 is 5.48 Å². The van der Waals surface area contributed by atoms with Gasteiger partial charge < -0.3 is 0 Å². The first-order chi connectivity index (χ1) is 11.2. The number of hydrogen-bond acceptors (Lipinski definition) is 2. The molecule has 116 valence electrons. The Hall–Kier alpha value is -2.65. The van der Waals surface area contributed by atoms with E-state index in [9.17, 15) is 4.79 Å². The Morgan fingerprint density at radius 1 is 0.957 bits per heavy atom. The Morgan fingerprint density at radius 2 is 1.70 bits per heavy atom. The minimum Gasteiger partial charge on any atom is -0.272 e. The van der Waals surface area contributed by atoms with Crippen molar-refractivity contribution < 1.29 is 9.63 Å². The highest BCUT2D eigenvalue weighted by atomic mass is 16.6. The van der Waals surface area contributed by atoms with Gasteiger partial charge in [0.1, 0.15) is 0 Å². The smallest absolute Gasteiger partial charge is 0.247 e. The highest BCUT2D eigenvalue weighted by Gasteiger charge is 2.07. The van der Waals surface area contributed by atoms with Gasteiger partial charge in [-0.15, -0.1) is 0 Å². The summed E-state index contributed by atoms with van der Waals surface area (Å²) < 4.78 is 0. The van der Waals surface area contributed by atoms with Crippen molar-refractivity contribution in [2.75, 3.05) is 0 Å². The second kappa shape index (κ2) is 7.07. The summed E-state index contributed by atoms with van der Waals surface area (Å²) in [6.07, 6.45) is 0.301. The van der Waals surface area contributed by atoms with Gasteiger partial charge in [-0.3, -0.25) is 9.63 Å². The molecular weight excluding hydrogens is 286 g/mol. The summed E-state index contributed by atoms with van der Waals surface area (Å²) in [5.41, 5.74) is 5.75. The van der Waals surface area contributed by atoms with Crippen LogP contribution in [0.2, 0.25) is 0 Å². The molecule has 3 heteroatoms. The lowest BCUT2D eigenvalue weighted by molar-refractivity contribution is -0.133. The van der Waals surface area contributed by atoms with E-state index in [0.29, 0.717) is 13.0 Å². The largest absolute Gasteiger partial charge is 0.272 e. The molecule has 0 saturated heterocycles. The maximum absolute atomic E-state index is 12.1. The molecule has 3 nitrogen and oxygen atoms in total. The number of rotatable bonds is 5. The van der Waals surface area contributed by atoms with Gasteiger partial charge in [-0.1, -0.05) is 72.3 Å². The van der Waals surface area contributed by atoms with Crippen LogP contribution in [0.5, 0.6) is 0 Å². The van der Waals surface area contributed by atoms with E-state index in [4.69, 9.17) is 4.84 Å². The lowest BCUT2D eigenvalue weighted by Gasteiger charge is -2.08. The number of carbonyl (C=O) groups is 1. The highest BCUT2D eigenvalue weighted by Crippen LogP contribution is 2.18. The lowest BCUT2D eigenvalue weighted by Crippen LogP contribution is -2.25. The number of fused-ring (bicyclic) bond motifs is 1. The third-order valence-electron chi connectivity index (χ3n) is 3.78. The fraction of sp³-hybridized carbons (Fsp3) is 0.150. The van der Waals surface area contributed by atoms with Gasteiger partial charge in [0.25, 0.3) is 0 Å². The van der Waals surface area contributed by atoms with E-state index in [1.807, 2.05) is 73.7 Å². The maximum Gasteiger partial charge on any atom is 0.247 e. The van der Waals surface area contributed by atoms with Gasteiger partial charge in [0.05, 0.1) is 13.0 Å². The highest BCUT2D eigenvalue weighted by molar-refractivity contribution is 5.89. The number of benzene rings is 3. The Bertz CT molecular complexity index is 804. The minimum atomic E-state index is -0.145. The van der Waals surface area contributed by atoms with Crippen LogP contribution in [-0.4, -0.2) is 5.91 Å². The lowest BCUT2D eigenvalue weighted by atomic mass is 10.0. The SMILES string of the molecule is Cc1ccc(CONC(=O)Cc2cccc3ccccc23)cc1. The van der Waals surface area contributed by atoms with E-state index in [1.54, 1.807) is 0 Å². The molecule has 23 heavy (non-hydrogen) atoms. The number of amides is 1. The van der Waals surface area contributed by atoms with Gasteiger partial charge in [-0.2, -0.15) is 0 Å². The predicted molar refractivity (Wildman–Crippen MR) is 91.8 cm³/mol. The molecule has 0 heterocycles. The summed E-state index contributed by atoms with van der Waals surface area (Å²) in [6, 6.07) is 22.1. The summed E-state index contributed by atoms with van der Waals surface area (Å²) in [4.78, 5) is 17.4. The molecule has 0 unspecified atom stereocenters. The first kappa shape index (κ1) is 15.3. The average molecular weight is 305 g/mol. The first-order valence-corrected chi connectivity index (χ1v) is 7.65. The second-order valence-corrected chi connectivity index (χ2v) is 5.61. The van der Waals surface area contributed by atoms with Gasteiger partial charge in [-0.25, -0.2) is 5.48 Å². The molecule has 0 aliphatic rings. The average Bonchev–Trinajstić information content (AvgIpc) is 2.57. The molecule has 3 rings (SSSR count). The molecule has 3 aromatic rings. The Kier molecular flexibility index (Phi) is 4.69. The Balaban J connectivity index is 1.57. The molecule has 0 saturated carbocycles. The van der Waals surface area contributed by atoms with Gasteiger partial charge in [0.15, 0.2) is 0 Å². The fourth-order valence-corrected chi connectivity index (χ4v) is 2.54. The molecule has 0 aliphatic carbocycles. The van der Waals surface area contributed by atoms with Crippen molar-refractivity contribution in [3.8, 4) is 0 Å². The van der Waals surface area contributed by atoms with Crippen LogP contribution in [0.4, 0.5) is 0 Å². The number of hydrogen-bond donors (Lipinski definition) is 1. The van der Waals surface area contributed by atoms with Crippen molar-refractivity contribution in [1.82, 2.24) is 5.48 Å². The summed E-state index contributed by atoms with van der Waals surface area (Å²) in [6.45, 7) is 2.40. The summed E-state index contributed by atoms with van der Waals surface area (Å²) >= 11 is 0. The van der Waals surface area contributed by atoms with E-state index >= 15 is 0 Å². The predicted octanol–water partition coefficient (Wildman–Crippen LogP) is 3.94. The zero-order valence-corrected chi connectivity index (χ0v) is 13.1. The number of nitrogens with one attached hydrogen (secondary N) is 1. The summed E-state index contributed by atoms with van der Waals surface area (Å²) in [5.74, 6) is -0.145. The molecule has 0 radical (unpaired) electrons. The van der Waals surface area contributed by atoms with E-state index in [1.165, 1.54) is 5.56 Å². The zero-order chi connectivity index (χ0) is 16.1. The van der Waals surface area contributed by atoms with Crippen LogP contribution in [0.3, 0.4) is 0 Å². The second-order valence-electron chi connectivity index (χ2n) is 5.61. The normalized spacial score (nSPS) is 10.7. The summed E-state index contributed by atoms with van der Waals surface area (Å²) in [5, 5.41) is 2.24. The Morgan fingerprint density at radius 3 is 2.52 bits per heavy atom. The number of hydroxylamine groups is 1. The monoisotopic (exact) mass is 305 g/mol. The van der Waals surface area contributed by atoms with Crippen molar-refractivity contribution in [2.24, 2.45) is 0 Å². The van der Waals surface area contributed by atoms with Crippen LogP contribution in [0, 0.1) is 6.92 Å². The van der Waals surface area contributed by atoms with E-state index in [-0.39, 0.29) is 5.91 Å². The molecule has 0 spiro atoms. The standard InChI is InChI=1S/C20H19NO2/c1-15-9-11-16(12-10-15)14-23-21-20(22)13-18-7-4-6-17-5-2-3-8-19(17)18/h2-12H,13-14H2,1H3,(H,21,22). The van der Waals surface area contributed by atoms with Crippen LogP contribution in [0.25, 0.3) is 10.8 Å². The first-order valence-electron chi connectivity index (χ1n) is 7.65. The van der Waals surface area contributed by atoms with Crippen molar-refractivity contribution in [3.63, 3.8) is 0 Å². The van der Waals surface area contributed by atoms with Crippen LogP contribution >= 0.6 is 0 Å². The molecule has 0 aromatic heterocycles. The third-order valence-corrected chi connectivity index (χ3v) is 3.78. The van der Waals surface area contributed by atoms with Gasteiger partial charge in [0.2, 0.25) is 5.91 Å². The van der Waals surface area contributed by atoms with Gasteiger partial charge >= 0.3 is 0 Å².